The lowest BCUT2D eigenvalue weighted by Gasteiger charge is -2.32. The average molecular weight is 421 g/mol. The molecule has 4 heterocycles. The van der Waals surface area contributed by atoms with Crippen LogP contribution in [-0.4, -0.2) is 40.8 Å². The van der Waals surface area contributed by atoms with Crippen LogP contribution in [0.5, 0.6) is 0 Å². The molecule has 8 heteroatoms. The van der Waals surface area contributed by atoms with Gasteiger partial charge in [0.1, 0.15) is 6.26 Å². The van der Waals surface area contributed by atoms with Gasteiger partial charge in [-0.1, -0.05) is 12.1 Å². The van der Waals surface area contributed by atoms with E-state index in [1.54, 1.807) is 23.1 Å². The van der Waals surface area contributed by atoms with E-state index in [9.17, 15) is 9.59 Å². The number of carbonyl (C=O) groups excluding carboxylic acids is 2. The second-order valence-corrected chi connectivity index (χ2v) is 8.23. The molecule has 1 fully saturated rings. The SMILES string of the molecule is O=C(NC1CCN(C(=O)c2ccoc2)CC1)c1ccc(-c2nc3ccccc3s2)o1. The Bertz CT molecular complexity index is 1150. The number of hydrogen-bond acceptors (Lipinski definition) is 6. The quantitative estimate of drug-likeness (QED) is 0.534. The van der Waals surface area contributed by atoms with Gasteiger partial charge >= 0.3 is 0 Å². The van der Waals surface area contributed by atoms with Gasteiger partial charge in [-0.15, -0.1) is 11.3 Å². The van der Waals surface area contributed by atoms with E-state index in [2.05, 4.69) is 10.3 Å². The van der Waals surface area contributed by atoms with Crippen molar-refractivity contribution in [1.82, 2.24) is 15.2 Å². The highest BCUT2D eigenvalue weighted by Gasteiger charge is 2.26. The van der Waals surface area contributed by atoms with Crippen LogP contribution in [0.4, 0.5) is 0 Å². The molecule has 30 heavy (non-hydrogen) atoms. The Kier molecular flexibility index (Phi) is 4.84. The first kappa shape index (κ1) is 18.6. The number of benzene rings is 1. The minimum atomic E-state index is -0.248. The number of aromatic nitrogens is 1. The summed E-state index contributed by atoms with van der Waals surface area (Å²) in [5.41, 5.74) is 1.46. The van der Waals surface area contributed by atoms with E-state index in [0.29, 0.717) is 37.3 Å². The molecule has 0 atom stereocenters. The van der Waals surface area contributed by atoms with Gasteiger partial charge in [0.15, 0.2) is 16.5 Å². The zero-order chi connectivity index (χ0) is 20.5. The third-order valence-electron chi connectivity index (χ3n) is 5.22. The number of furan rings is 2. The van der Waals surface area contributed by atoms with Crippen LogP contribution in [-0.2, 0) is 0 Å². The molecule has 1 aliphatic heterocycles. The zero-order valence-corrected chi connectivity index (χ0v) is 16.9. The lowest BCUT2D eigenvalue weighted by molar-refractivity contribution is 0.0695. The summed E-state index contributed by atoms with van der Waals surface area (Å²) in [7, 11) is 0. The van der Waals surface area contributed by atoms with E-state index in [1.807, 2.05) is 24.3 Å². The molecule has 3 aromatic heterocycles. The standard InChI is InChI=1S/C22H19N3O4S/c26-20(23-15-7-10-25(11-8-15)22(27)14-9-12-28-13-14)17-5-6-18(29-17)21-24-16-3-1-2-4-19(16)30-21/h1-6,9,12-13,15H,7-8,10-11H2,(H,23,26). The number of nitrogens with one attached hydrogen (secondary N) is 1. The molecule has 7 nitrogen and oxygen atoms in total. The van der Waals surface area contributed by atoms with Gasteiger partial charge in [-0.3, -0.25) is 9.59 Å². The summed E-state index contributed by atoms with van der Waals surface area (Å²) in [5, 5.41) is 3.77. The van der Waals surface area contributed by atoms with Gasteiger partial charge in [-0.25, -0.2) is 4.98 Å². The number of para-hydroxylation sites is 1. The van der Waals surface area contributed by atoms with Crippen molar-refractivity contribution in [3.05, 3.63) is 66.3 Å². The number of carbonyl (C=O) groups is 2. The molecule has 0 aliphatic carbocycles. The maximum Gasteiger partial charge on any atom is 0.287 e. The van der Waals surface area contributed by atoms with Crippen molar-refractivity contribution in [2.75, 3.05) is 13.1 Å². The topological polar surface area (TPSA) is 88.6 Å². The second kappa shape index (κ2) is 7.79. The first-order valence-corrected chi connectivity index (χ1v) is 10.6. The molecule has 5 rings (SSSR count). The summed E-state index contributed by atoms with van der Waals surface area (Å²) < 4.78 is 11.8. The summed E-state index contributed by atoms with van der Waals surface area (Å²) >= 11 is 1.53. The fourth-order valence-electron chi connectivity index (χ4n) is 3.60. The molecular weight excluding hydrogens is 402 g/mol. The molecule has 2 amide bonds. The molecule has 1 saturated heterocycles. The Morgan fingerprint density at radius 1 is 1.10 bits per heavy atom. The number of likely N-dealkylation sites (tertiary alicyclic amines) is 1. The molecule has 0 spiro atoms. The lowest BCUT2D eigenvalue weighted by Crippen LogP contribution is -2.46. The number of hydrogen-bond donors (Lipinski definition) is 1. The van der Waals surface area contributed by atoms with Crippen molar-refractivity contribution in [2.24, 2.45) is 0 Å². The zero-order valence-electron chi connectivity index (χ0n) is 16.0. The predicted molar refractivity (Wildman–Crippen MR) is 112 cm³/mol. The maximum atomic E-state index is 12.6. The van der Waals surface area contributed by atoms with E-state index in [-0.39, 0.29) is 23.6 Å². The van der Waals surface area contributed by atoms with Crippen LogP contribution in [0, 0.1) is 0 Å². The van der Waals surface area contributed by atoms with Crippen LogP contribution < -0.4 is 5.32 Å². The smallest absolute Gasteiger partial charge is 0.287 e. The molecular formula is C22H19N3O4S. The van der Waals surface area contributed by atoms with Crippen LogP contribution in [0.3, 0.4) is 0 Å². The van der Waals surface area contributed by atoms with Crippen LogP contribution >= 0.6 is 11.3 Å². The van der Waals surface area contributed by atoms with Crippen molar-refractivity contribution < 1.29 is 18.4 Å². The molecule has 0 unspecified atom stereocenters. The second-order valence-electron chi connectivity index (χ2n) is 7.20. The first-order valence-electron chi connectivity index (χ1n) is 9.75. The van der Waals surface area contributed by atoms with Gasteiger partial charge in [0.25, 0.3) is 11.8 Å². The molecule has 1 aromatic carbocycles. The minimum absolute atomic E-state index is 0.00176. The first-order chi connectivity index (χ1) is 14.7. The van der Waals surface area contributed by atoms with Crippen molar-refractivity contribution in [3.8, 4) is 10.8 Å². The van der Waals surface area contributed by atoms with Gasteiger partial charge in [0, 0.05) is 19.1 Å². The van der Waals surface area contributed by atoms with E-state index >= 15 is 0 Å². The molecule has 4 aromatic rings. The summed E-state index contributed by atoms with van der Waals surface area (Å²) in [6, 6.07) is 13.0. The third-order valence-corrected chi connectivity index (χ3v) is 6.27. The minimum Gasteiger partial charge on any atom is -0.472 e. The van der Waals surface area contributed by atoms with Gasteiger partial charge in [-0.05, 0) is 43.2 Å². The molecule has 152 valence electrons. The van der Waals surface area contributed by atoms with Crippen molar-refractivity contribution in [3.63, 3.8) is 0 Å². The predicted octanol–water partition coefficient (Wildman–Crippen LogP) is 4.18. The average Bonchev–Trinajstić information content (AvgIpc) is 3.54. The van der Waals surface area contributed by atoms with Gasteiger partial charge in [-0.2, -0.15) is 0 Å². The summed E-state index contributed by atoms with van der Waals surface area (Å²) in [5.74, 6) is 0.560. The fourth-order valence-corrected chi connectivity index (χ4v) is 4.53. The Morgan fingerprint density at radius 3 is 2.70 bits per heavy atom. The highest BCUT2D eigenvalue weighted by Crippen LogP contribution is 2.31. The van der Waals surface area contributed by atoms with E-state index < -0.39 is 0 Å². The Labute approximate surface area is 176 Å². The highest BCUT2D eigenvalue weighted by atomic mass is 32.1. The Balaban J connectivity index is 1.20. The lowest BCUT2D eigenvalue weighted by atomic mass is 10.0. The van der Waals surface area contributed by atoms with Crippen molar-refractivity contribution in [2.45, 2.75) is 18.9 Å². The normalized spacial score (nSPS) is 14.9. The number of amides is 2. The Hall–Kier alpha value is -3.39. The number of thiazole rings is 1. The summed E-state index contributed by atoms with van der Waals surface area (Å²) in [6.45, 7) is 1.17. The largest absolute Gasteiger partial charge is 0.472 e. The molecule has 0 bridgehead atoms. The summed E-state index contributed by atoms with van der Waals surface area (Å²) in [6.07, 6.45) is 4.34. The number of rotatable bonds is 4. The van der Waals surface area contributed by atoms with E-state index in [4.69, 9.17) is 8.83 Å². The van der Waals surface area contributed by atoms with Crippen LogP contribution in [0.15, 0.2) is 63.8 Å². The van der Waals surface area contributed by atoms with Crippen LogP contribution in [0.2, 0.25) is 0 Å². The van der Waals surface area contributed by atoms with Crippen LogP contribution in [0.1, 0.15) is 33.8 Å². The number of piperidine rings is 1. The Morgan fingerprint density at radius 2 is 1.93 bits per heavy atom. The van der Waals surface area contributed by atoms with Gasteiger partial charge in [0.05, 0.1) is 22.0 Å². The van der Waals surface area contributed by atoms with Gasteiger partial charge in [0.2, 0.25) is 0 Å². The van der Waals surface area contributed by atoms with Crippen LogP contribution in [0.25, 0.3) is 21.0 Å². The molecule has 0 radical (unpaired) electrons. The highest BCUT2D eigenvalue weighted by molar-refractivity contribution is 7.21. The van der Waals surface area contributed by atoms with Crippen molar-refractivity contribution >= 4 is 33.4 Å². The molecule has 1 aliphatic rings. The molecule has 1 N–H and O–H groups in total. The monoisotopic (exact) mass is 421 g/mol. The van der Waals surface area contributed by atoms with Gasteiger partial charge < -0.3 is 19.1 Å². The number of nitrogens with zero attached hydrogens (tertiary/aromatic N) is 2. The molecule has 0 saturated carbocycles. The number of fused-ring (bicyclic) bond motifs is 1. The van der Waals surface area contributed by atoms with Crippen molar-refractivity contribution in [1.29, 1.82) is 0 Å². The van der Waals surface area contributed by atoms with E-state index in [1.165, 1.54) is 23.9 Å². The van der Waals surface area contributed by atoms with E-state index in [0.717, 1.165) is 15.2 Å². The fraction of sp³-hybridized carbons (Fsp3) is 0.227. The third kappa shape index (κ3) is 3.61. The summed E-state index contributed by atoms with van der Waals surface area (Å²) in [4.78, 5) is 31.3. The maximum absolute atomic E-state index is 12.6.